The summed E-state index contributed by atoms with van der Waals surface area (Å²) in [6.07, 6.45) is -4.70. The van der Waals surface area contributed by atoms with Gasteiger partial charge in [-0.25, -0.2) is 4.79 Å². The van der Waals surface area contributed by atoms with Crippen molar-refractivity contribution < 1.29 is 22.7 Å². The highest BCUT2D eigenvalue weighted by Gasteiger charge is 2.54. The number of carbonyl (C=O) groups excluding carboxylic acids is 1. The Morgan fingerprint density at radius 2 is 1.93 bits per heavy atom. The molecule has 0 bridgehead atoms. The first-order chi connectivity index (χ1) is 12.5. The number of hydrogen-bond donors (Lipinski definition) is 2. The molecular weight excluding hydrogens is 410 g/mol. The van der Waals surface area contributed by atoms with Gasteiger partial charge in [0.2, 0.25) is 0 Å². The van der Waals surface area contributed by atoms with Gasteiger partial charge in [0.15, 0.2) is 0 Å². The van der Waals surface area contributed by atoms with Crippen LogP contribution in [-0.4, -0.2) is 18.1 Å². The lowest BCUT2D eigenvalue weighted by Crippen LogP contribution is -2.54. The molecule has 0 saturated carbocycles. The first-order valence-corrected chi connectivity index (χ1v) is 7.92. The average Bonchev–Trinajstić information content (AvgIpc) is 2.86. The Bertz CT molecular complexity index is 896. The Kier molecular flexibility index (Phi) is 5.47. The first kappa shape index (κ1) is 20.6. The summed E-state index contributed by atoms with van der Waals surface area (Å²) in [5, 5.41) is 18.7. The lowest BCUT2D eigenvalue weighted by Gasteiger charge is -2.26. The molecule has 1 heterocycles. The number of hydrazine groups is 1. The van der Waals surface area contributed by atoms with E-state index in [1.54, 1.807) is 12.1 Å². The second-order valence-electron chi connectivity index (χ2n) is 5.19. The van der Waals surface area contributed by atoms with Crippen LogP contribution in [0.4, 0.5) is 18.9 Å². The molecule has 3 N–H and O–H groups in total. The van der Waals surface area contributed by atoms with E-state index in [0.717, 1.165) is 5.01 Å². The van der Waals surface area contributed by atoms with Gasteiger partial charge in [-0.3, -0.25) is 5.01 Å². The van der Waals surface area contributed by atoms with Gasteiger partial charge in [-0.05, 0) is 19.1 Å². The molecule has 0 saturated heterocycles. The highest BCUT2D eigenvalue weighted by atomic mass is 35.5. The zero-order chi connectivity index (χ0) is 20.6. The zero-order valence-corrected chi connectivity index (χ0v) is 15.0. The van der Waals surface area contributed by atoms with Crippen molar-refractivity contribution in [3.05, 3.63) is 39.1 Å². The minimum Gasteiger partial charge on any atom is -0.463 e. The average molecular weight is 420 g/mol. The number of nitrogens with zero attached hydrogens (tertiary/aromatic N) is 3. The standard InChI is InChI=1S/C15H10Cl2F3N5O2/c1-2-27-13(26)14(6-22)8(5-21)12(23)25(24-14)11-9(16)3-7(4-10(11)17)15(18,19)20/h3-4,24H,2,23H2,1H3. The summed E-state index contributed by atoms with van der Waals surface area (Å²) in [5.41, 5.74) is 4.02. The van der Waals surface area contributed by atoms with Crippen LogP contribution < -0.4 is 16.2 Å². The van der Waals surface area contributed by atoms with Gasteiger partial charge in [-0.1, -0.05) is 23.2 Å². The molecule has 142 valence electrons. The van der Waals surface area contributed by atoms with Crippen molar-refractivity contribution in [2.45, 2.75) is 18.6 Å². The van der Waals surface area contributed by atoms with Crippen LogP contribution in [0.2, 0.25) is 10.0 Å². The first-order valence-electron chi connectivity index (χ1n) is 7.16. The number of hydrogen-bond acceptors (Lipinski definition) is 7. The Balaban J connectivity index is 2.63. The van der Waals surface area contributed by atoms with Gasteiger partial charge in [0.05, 0.1) is 27.9 Å². The van der Waals surface area contributed by atoms with E-state index < -0.39 is 44.7 Å². The monoisotopic (exact) mass is 419 g/mol. The lowest BCUT2D eigenvalue weighted by atomic mass is 9.94. The van der Waals surface area contributed by atoms with Crippen molar-refractivity contribution in [2.24, 2.45) is 5.73 Å². The smallest absolute Gasteiger partial charge is 0.416 e. The highest BCUT2D eigenvalue weighted by molar-refractivity contribution is 6.39. The Labute approximate surface area is 161 Å². The van der Waals surface area contributed by atoms with Gasteiger partial charge < -0.3 is 10.5 Å². The number of halogens is 5. The minimum atomic E-state index is -4.70. The van der Waals surface area contributed by atoms with E-state index in [1.807, 2.05) is 0 Å². The summed E-state index contributed by atoms with van der Waals surface area (Å²) in [6, 6.07) is 4.44. The fourth-order valence-corrected chi connectivity index (χ4v) is 3.02. The van der Waals surface area contributed by atoms with Crippen molar-refractivity contribution in [1.82, 2.24) is 5.43 Å². The van der Waals surface area contributed by atoms with Gasteiger partial charge in [-0.15, -0.1) is 0 Å². The van der Waals surface area contributed by atoms with E-state index >= 15 is 0 Å². The minimum absolute atomic E-state index is 0.0929. The Morgan fingerprint density at radius 3 is 2.33 bits per heavy atom. The Morgan fingerprint density at radius 1 is 1.37 bits per heavy atom. The highest BCUT2D eigenvalue weighted by Crippen LogP contribution is 2.43. The van der Waals surface area contributed by atoms with Crippen LogP contribution >= 0.6 is 23.2 Å². The molecule has 27 heavy (non-hydrogen) atoms. The van der Waals surface area contributed by atoms with Crippen LogP contribution in [0.15, 0.2) is 23.5 Å². The van der Waals surface area contributed by atoms with Gasteiger partial charge in [-0.2, -0.15) is 29.1 Å². The summed E-state index contributed by atoms with van der Waals surface area (Å²) in [7, 11) is 0. The number of nitrogens with two attached hydrogens (primary N) is 1. The van der Waals surface area contributed by atoms with Crippen molar-refractivity contribution in [2.75, 3.05) is 11.6 Å². The summed E-state index contributed by atoms with van der Waals surface area (Å²) in [6.45, 7) is 1.39. The van der Waals surface area contributed by atoms with Crippen LogP contribution in [0.3, 0.4) is 0 Å². The van der Waals surface area contributed by atoms with Crippen LogP contribution in [-0.2, 0) is 15.7 Å². The predicted molar refractivity (Wildman–Crippen MR) is 88.9 cm³/mol. The van der Waals surface area contributed by atoms with Crippen LogP contribution in [0, 0.1) is 22.7 Å². The Hall–Kier alpha value is -2.66. The summed E-state index contributed by atoms with van der Waals surface area (Å²) >= 11 is 11.9. The maximum Gasteiger partial charge on any atom is 0.416 e. The molecule has 1 aliphatic rings. The quantitative estimate of drug-likeness (QED) is 0.723. The fraction of sp³-hybridized carbons (Fsp3) is 0.267. The molecule has 0 fully saturated rings. The molecule has 1 unspecified atom stereocenters. The summed E-state index contributed by atoms with van der Waals surface area (Å²) < 4.78 is 43.5. The molecule has 2 rings (SSSR count). The summed E-state index contributed by atoms with van der Waals surface area (Å²) in [4.78, 5) is 12.3. The van der Waals surface area contributed by atoms with E-state index in [0.29, 0.717) is 12.1 Å². The molecule has 1 aliphatic heterocycles. The molecule has 1 aromatic rings. The second-order valence-corrected chi connectivity index (χ2v) is 6.00. The number of benzene rings is 1. The normalized spacial score (nSPS) is 19.6. The SMILES string of the molecule is CCOC(=O)C1(C#N)NN(c2c(Cl)cc(C(F)(F)F)cc2Cl)C(N)=C1C#N. The molecule has 0 spiro atoms. The van der Waals surface area contributed by atoms with Crippen LogP contribution in [0.25, 0.3) is 0 Å². The molecule has 7 nitrogen and oxygen atoms in total. The lowest BCUT2D eigenvalue weighted by molar-refractivity contribution is -0.146. The van der Waals surface area contributed by atoms with E-state index in [2.05, 4.69) is 5.43 Å². The number of rotatable bonds is 3. The molecular formula is C15H10Cl2F3N5O2. The van der Waals surface area contributed by atoms with Crippen molar-refractivity contribution in [1.29, 1.82) is 10.5 Å². The van der Waals surface area contributed by atoms with Gasteiger partial charge in [0.1, 0.15) is 23.5 Å². The topological polar surface area (TPSA) is 115 Å². The summed E-state index contributed by atoms with van der Waals surface area (Å²) in [5.74, 6) is -1.55. The van der Waals surface area contributed by atoms with Crippen molar-refractivity contribution >= 4 is 34.9 Å². The molecule has 0 aliphatic carbocycles. The number of esters is 1. The van der Waals surface area contributed by atoms with Gasteiger partial charge in [0, 0.05) is 0 Å². The number of nitriles is 2. The van der Waals surface area contributed by atoms with Gasteiger partial charge >= 0.3 is 12.1 Å². The van der Waals surface area contributed by atoms with Crippen LogP contribution in [0.5, 0.6) is 0 Å². The largest absolute Gasteiger partial charge is 0.463 e. The van der Waals surface area contributed by atoms with Crippen molar-refractivity contribution in [3.8, 4) is 12.1 Å². The molecule has 0 radical (unpaired) electrons. The molecule has 0 aromatic heterocycles. The molecule has 1 aromatic carbocycles. The molecule has 0 amide bonds. The number of alkyl halides is 3. The number of nitrogens with one attached hydrogen (secondary N) is 1. The van der Waals surface area contributed by atoms with E-state index in [-0.39, 0.29) is 12.3 Å². The van der Waals surface area contributed by atoms with Gasteiger partial charge in [0.25, 0.3) is 5.54 Å². The maximum absolute atomic E-state index is 12.9. The fourth-order valence-electron chi connectivity index (χ4n) is 2.36. The van der Waals surface area contributed by atoms with E-state index in [9.17, 15) is 28.5 Å². The third-order valence-corrected chi connectivity index (χ3v) is 4.16. The number of ether oxygens (including phenoxy) is 1. The van der Waals surface area contributed by atoms with E-state index in [4.69, 9.17) is 33.7 Å². The predicted octanol–water partition coefficient (Wildman–Crippen LogP) is 2.86. The number of carbonyl (C=O) groups is 1. The second kappa shape index (κ2) is 7.16. The van der Waals surface area contributed by atoms with Crippen LogP contribution in [0.1, 0.15) is 12.5 Å². The number of anilines is 1. The van der Waals surface area contributed by atoms with Crippen molar-refractivity contribution in [3.63, 3.8) is 0 Å². The third kappa shape index (κ3) is 3.35. The third-order valence-electron chi connectivity index (χ3n) is 3.58. The molecule has 1 atom stereocenters. The van der Waals surface area contributed by atoms with E-state index in [1.165, 1.54) is 6.92 Å². The zero-order valence-electron chi connectivity index (χ0n) is 13.5. The molecule has 12 heteroatoms. The maximum atomic E-state index is 12.9.